The van der Waals surface area contributed by atoms with E-state index in [1.54, 1.807) is 6.92 Å². The van der Waals surface area contributed by atoms with E-state index >= 15 is 0 Å². The molecule has 0 bridgehead atoms. The standard InChI is InChI=1S/C10H9ClO3/c1-2-9(12)14-8-5-3-7(4-6-8)10(11)13/h3-6H,2H2,1H3. The lowest BCUT2D eigenvalue weighted by Crippen LogP contribution is -2.05. The fourth-order valence-corrected chi connectivity index (χ4v) is 0.984. The third kappa shape index (κ3) is 2.85. The molecule has 0 radical (unpaired) electrons. The highest BCUT2D eigenvalue weighted by atomic mass is 35.5. The monoisotopic (exact) mass is 212 g/mol. The van der Waals surface area contributed by atoms with Gasteiger partial charge in [-0.1, -0.05) is 6.92 Å². The molecular weight excluding hydrogens is 204 g/mol. The van der Waals surface area contributed by atoms with Gasteiger partial charge in [0.1, 0.15) is 5.75 Å². The van der Waals surface area contributed by atoms with Crippen LogP contribution in [-0.4, -0.2) is 11.2 Å². The number of carbonyl (C=O) groups is 2. The number of esters is 1. The molecule has 0 fully saturated rings. The summed E-state index contributed by atoms with van der Waals surface area (Å²) in [6.45, 7) is 1.71. The van der Waals surface area contributed by atoms with Crippen molar-refractivity contribution >= 4 is 22.8 Å². The maximum absolute atomic E-state index is 10.9. The second-order valence-electron chi connectivity index (χ2n) is 2.63. The summed E-state index contributed by atoms with van der Waals surface area (Å²) in [6.07, 6.45) is 0.316. The molecule has 1 aromatic carbocycles. The highest BCUT2D eigenvalue weighted by Crippen LogP contribution is 2.13. The van der Waals surface area contributed by atoms with Crippen molar-refractivity contribution in [2.24, 2.45) is 0 Å². The average molecular weight is 213 g/mol. The van der Waals surface area contributed by atoms with Crippen LogP contribution in [0.25, 0.3) is 0 Å². The molecule has 1 aromatic rings. The summed E-state index contributed by atoms with van der Waals surface area (Å²) in [5.74, 6) is 0.105. The highest BCUT2D eigenvalue weighted by Gasteiger charge is 2.03. The van der Waals surface area contributed by atoms with E-state index in [0.29, 0.717) is 17.7 Å². The molecule has 0 atom stereocenters. The lowest BCUT2D eigenvalue weighted by atomic mass is 10.2. The minimum atomic E-state index is -0.529. The zero-order chi connectivity index (χ0) is 10.6. The van der Waals surface area contributed by atoms with E-state index < -0.39 is 5.24 Å². The number of ether oxygens (including phenoxy) is 1. The first-order chi connectivity index (χ1) is 6.63. The van der Waals surface area contributed by atoms with Crippen LogP contribution in [0.4, 0.5) is 0 Å². The molecule has 0 heterocycles. The van der Waals surface area contributed by atoms with Crippen LogP contribution in [0.2, 0.25) is 0 Å². The zero-order valence-corrected chi connectivity index (χ0v) is 8.38. The van der Waals surface area contributed by atoms with Crippen LogP contribution in [0, 0.1) is 0 Å². The summed E-state index contributed by atoms with van der Waals surface area (Å²) < 4.78 is 4.90. The summed E-state index contributed by atoms with van der Waals surface area (Å²) in [7, 11) is 0. The third-order valence-electron chi connectivity index (χ3n) is 1.60. The van der Waals surface area contributed by atoms with Crippen LogP contribution in [0.1, 0.15) is 23.7 Å². The first kappa shape index (κ1) is 10.7. The minimum Gasteiger partial charge on any atom is -0.427 e. The number of hydrogen-bond acceptors (Lipinski definition) is 3. The predicted molar refractivity (Wildman–Crippen MR) is 52.6 cm³/mol. The molecule has 1 rings (SSSR count). The van der Waals surface area contributed by atoms with Crippen molar-refractivity contribution in [2.45, 2.75) is 13.3 Å². The smallest absolute Gasteiger partial charge is 0.310 e. The largest absolute Gasteiger partial charge is 0.427 e. The third-order valence-corrected chi connectivity index (χ3v) is 1.82. The first-order valence-corrected chi connectivity index (χ1v) is 4.52. The molecule has 3 nitrogen and oxygen atoms in total. The Kier molecular flexibility index (Phi) is 3.65. The van der Waals surface area contributed by atoms with Crippen molar-refractivity contribution < 1.29 is 14.3 Å². The van der Waals surface area contributed by atoms with Crippen molar-refractivity contribution in [1.29, 1.82) is 0 Å². The number of halogens is 1. The Bertz CT molecular complexity index is 343. The van der Waals surface area contributed by atoms with E-state index in [1.807, 2.05) is 0 Å². The molecule has 4 heteroatoms. The molecule has 0 spiro atoms. The molecule has 0 saturated heterocycles. The van der Waals surface area contributed by atoms with Crippen LogP contribution >= 0.6 is 11.6 Å². The highest BCUT2D eigenvalue weighted by molar-refractivity contribution is 6.67. The summed E-state index contributed by atoms with van der Waals surface area (Å²) in [5.41, 5.74) is 0.378. The molecule has 0 aliphatic heterocycles. The van der Waals surface area contributed by atoms with Crippen molar-refractivity contribution in [3.63, 3.8) is 0 Å². The summed E-state index contributed by atoms with van der Waals surface area (Å²) in [6, 6.07) is 6.08. The molecule has 0 aliphatic carbocycles. The van der Waals surface area contributed by atoms with Crippen LogP contribution < -0.4 is 4.74 Å². The van der Waals surface area contributed by atoms with E-state index in [4.69, 9.17) is 16.3 Å². The lowest BCUT2D eigenvalue weighted by Gasteiger charge is -2.01. The summed E-state index contributed by atoms with van der Waals surface area (Å²) in [5, 5.41) is -0.529. The quantitative estimate of drug-likeness (QED) is 0.439. The van der Waals surface area contributed by atoms with Gasteiger partial charge < -0.3 is 4.74 Å². The van der Waals surface area contributed by atoms with Gasteiger partial charge in [-0.2, -0.15) is 0 Å². The zero-order valence-electron chi connectivity index (χ0n) is 7.62. The van der Waals surface area contributed by atoms with Gasteiger partial charge in [0.15, 0.2) is 0 Å². The summed E-state index contributed by atoms with van der Waals surface area (Å²) in [4.78, 5) is 21.6. The molecule has 0 aromatic heterocycles. The fraction of sp³-hybridized carbons (Fsp3) is 0.200. The Morgan fingerprint density at radius 3 is 2.29 bits per heavy atom. The van der Waals surface area contributed by atoms with E-state index in [0.717, 1.165) is 0 Å². The molecule has 14 heavy (non-hydrogen) atoms. The Balaban J connectivity index is 2.73. The molecule has 0 unspecified atom stereocenters. The first-order valence-electron chi connectivity index (χ1n) is 4.14. The van der Waals surface area contributed by atoms with E-state index in [-0.39, 0.29) is 5.97 Å². The predicted octanol–water partition coefficient (Wildman–Crippen LogP) is 2.38. The number of rotatable bonds is 3. The molecule has 0 aliphatic rings. The lowest BCUT2D eigenvalue weighted by molar-refractivity contribution is -0.134. The van der Waals surface area contributed by atoms with Gasteiger partial charge in [0.2, 0.25) is 0 Å². The molecular formula is C10H9ClO3. The Morgan fingerprint density at radius 1 is 1.29 bits per heavy atom. The van der Waals surface area contributed by atoms with Crippen molar-refractivity contribution in [3.05, 3.63) is 29.8 Å². The Labute approximate surface area is 86.6 Å². The number of hydrogen-bond donors (Lipinski definition) is 0. The van der Waals surface area contributed by atoms with Gasteiger partial charge in [0.25, 0.3) is 5.24 Å². The van der Waals surface area contributed by atoms with Crippen LogP contribution in [0.3, 0.4) is 0 Å². The number of benzene rings is 1. The van der Waals surface area contributed by atoms with Crippen molar-refractivity contribution in [3.8, 4) is 5.75 Å². The number of carbonyl (C=O) groups excluding carboxylic acids is 2. The topological polar surface area (TPSA) is 43.4 Å². The Morgan fingerprint density at radius 2 is 1.86 bits per heavy atom. The van der Waals surface area contributed by atoms with Crippen LogP contribution in [-0.2, 0) is 4.79 Å². The van der Waals surface area contributed by atoms with Crippen LogP contribution in [0.15, 0.2) is 24.3 Å². The second-order valence-corrected chi connectivity index (χ2v) is 2.97. The van der Waals surface area contributed by atoms with Crippen molar-refractivity contribution in [2.75, 3.05) is 0 Å². The molecule has 0 N–H and O–H groups in total. The molecule has 0 amide bonds. The van der Waals surface area contributed by atoms with Gasteiger partial charge in [-0.15, -0.1) is 0 Å². The van der Waals surface area contributed by atoms with Gasteiger partial charge in [-0.05, 0) is 35.9 Å². The van der Waals surface area contributed by atoms with Gasteiger partial charge in [0.05, 0.1) is 0 Å². The SMILES string of the molecule is CCC(=O)Oc1ccc(C(=O)Cl)cc1. The van der Waals surface area contributed by atoms with Crippen LogP contribution in [0.5, 0.6) is 5.75 Å². The Hall–Kier alpha value is -1.35. The normalized spacial score (nSPS) is 9.57. The van der Waals surface area contributed by atoms with Gasteiger partial charge in [-0.3, -0.25) is 9.59 Å². The van der Waals surface area contributed by atoms with Crippen molar-refractivity contribution in [1.82, 2.24) is 0 Å². The second kappa shape index (κ2) is 4.77. The maximum atomic E-state index is 10.9. The fourth-order valence-electron chi connectivity index (χ4n) is 0.858. The van der Waals surface area contributed by atoms with E-state index in [1.165, 1.54) is 24.3 Å². The van der Waals surface area contributed by atoms with E-state index in [9.17, 15) is 9.59 Å². The van der Waals surface area contributed by atoms with Gasteiger partial charge >= 0.3 is 5.97 Å². The maximum Gasteiger partial charge on any atom is 0.310 e. The van der Waals surface area contributed by atoms with Gasteiger partial charge in [0, 0.05) is 12.0 Å². The molecule has 0 saturated carbocycles. The van der Waals surface area contributed by atoms with E-state index in [2.05, 4.69) is 0 Å². The minimum absolute atomic E-state index is 0.310. The summed E-state index contributed by atoms with van der Waals surface area (Å²) >= 11 is 5.24. The van der Waals surface area contributed by atoms with Gasteiger partial charge in [-0.25, -0.2) is 0 Å². The molecule has 74 valence electrons. The average Bonchev–Trinajstić information content (AvgIpc) is 2.18.